The highest BCUT2D eigenvalue weighted by Crippen LogP contribution is 2.34. The summed E-state index contributed by atoms with van der Waals surface area (Å²) in [7, 11) is 0. The first-order chi connectivity index (χ1) is 23.9. The highest BCUT2D eigenvalue weighted by Gasteiger charge is 2.25. The van der Waals surface area contributed by atoms with Gasteiger partial charge in [0.25, 0.3) is 0 Å². The Kier molecular flexibility index (Phi) is 8.94. The van der Waals surface area contributed by atoms with Crippen LogP contribution in [0.25, 0.3) is 11.3 Å². The molecule has 8 N–H and O–H groups in total. The number of aromatic nitrogens is 6. The molecule has 8 rings (SSSR count). The highest BCUT2D eigenvalue weighted by atomic mass is 32.2. The molecule has 49 heavy (non-hydrogen) atoms. The number of hydrogen-bond acceptors (Lipinski definition) is 15. The Morgan fingerprint density at radius 3 is 2.37 bits per heavy atom. The van der Waals surface area contributed by atoms with Crippen molar-refractivity contribution >= 4 is 79.7 Å². The maximum Gasteiger partial charge on any atom is 0.183 e. The van der Waals surface area contributed by atoms with E-state index in [0.717, 1.165) is 83.4 Å². The van der Waals surface area contributed by atoms with Gasteiger partial charge in [-0.2, -0.15) is 19.2 Å². The number of hydrogen-bond donors (Lipinski definition) is 5. The van der Waals surface area contributed by atoms with Crippen molar-refractivity contribution in [2.75, 3.05) is 64.3 Å². The van der Waals surface area contributed by atoms with Crippen molar-refractivity contribution in [3.8, 4) is 0 Å². The second-order valence-corrected chi connectivity index (χ2v) is 15.8. The third-order valence-electron chi connectivity index (χ3n) is 8.87. The molecule has 17 heteroatoms. The average molecular weight is 718 g/mol. The van der Waals surface area contributed by atoms with Gasteiger partial charge in [0.05, 0.1) is 42.0 Å². The normalized spacial score (nSPS) is 18.0. The molecule has 2 atom stereocenters. The van der Waals surface area contributed by atoms with Crippen LogP contribution in [0.15, 0.2) is 59.1 Å². The van der Waals surface area contributed by atoms with Crippen molar-refractivity contribution in [2.24, 2.45) is 11.5 Å². The van der Waals surface area contributed by atoms with Gasteiger partial charge in [0, 0.05) is 65.9 Å². The molecule has 0 spiro atoms. The third kappa shape index (κ3) is 6.61. The van der Waals surface area contributed by atoms with Gasteiger partial charge in [-0.25, -0.2) is 9.97 Å². The Balaban J connectivity index is 1.10. The maximum absolute atomic E-state index is 9.45. The van der Waals surface area contributed by atoms with Gasteiger partial charge in [-0.3, -0.25) is 0 Å². The van der Waals surface area contributed by atoms with Crippen LogP contribution in [0.3, 0.4) is 0 Å². The Morgan fingerprint density at radius 2 is 1.65 bits per heavy atom. The lowest BCUT2D eigenvalue weighted by atomic mass is 10.3. The molecule has 0 unspecified atom stereocenters. The smallest absolute Gasteiger partial charge is 0.183 e. The summed E-state index contributed by atoms with van der Waals surface area (Å²) in [6.45, 7) is 4.67. The molecule has 0 radical (unpaired) electrons. The lowest BCUT2D eigenvalue weighted by molar-refractivity contribution is 0.322. The van der Waals surface area contributed by atoms with Gasteiger partial charge in [-0.1, -0.05) is 6.07 Å². The summed E-state index contributed by atoms with van der Waals surface area (Å²) >= 11 is 4.97. The number of aliphatic hydroxyl groups is 1. The molecule has 2 aliphatic heterocycles. The second-order valence-electron chi connectivity index (χ2n) is 12.4. The van der Waals surface area contributed by atoms with Crippen LogP contribution in [-0.2, 0) is 13.1 Å². The molecule has 14 nitrogen and oxygen atoms in total. The van der Waals surface area contributed by atoms with Crippen LogP contribution >= 0.6 is 34.4 Å². The van der Waals surface area contributed by atoms with E-state index in [4.69, 9.17) is 27.2 Å². The van der Waals surface area contributed by atoms with E-state index < -0.39 is 0 Å². The Morgan fingerprint density at radius 1 is 0.918 bits per heavy atom. The predicted octanol–water partition coefficient (Wildman–Crippen LogP) is 3.59. The lowest BCUT2D eigenvalue weighted by Gasteiger charge is -2.23. The number of rotatable bonds is 12. The summed E-state index contributed by atoms with van der Waals surface area (Å²) in [5.74, 6) is 3.62. The molecule has 0 saturated carbocycles. The van der Waals surface area contributed by atoms with Gasteiger partial charge in [0.1, 0.15) is 29.0 Å². The number of thioether (sulfide) groups is 1. The summed E-state index contributed by atoms with van der Waals surface area (Å²) in [6.07, 6.45) is 5.54. The van der Waals surface area contributed by atoms with E-state index in [1.807, 2.05) is 29.0 Å². The number of aliphatic hydroxyl groups excluding tert-OH is 1. The average Bonchev–Trinajstić information content (AvgIpc) is 3.93. The summed E-state index contributed by atoms with van der Waals surface area (Å²) < 4.78 is 3.55. The first-order valence-electron chi connectivity index (χ1n) is 16.3. The van der Waals surface area contributed by atoms with E-state index in [9.17, 15) is 5.11 Å². The highest BCUT2D eigenvalue weighted by molar-refractivity contribution is 7.99. The number of fused-ring (bicyclic) bond motifs is 2. The lowest BCUT2D eigenvalue weighted by Crippen LogP contribution is -2.27. The third-order valence-corrected chi connectivity index (χ3v) is 11.7. The first kappa shape index (κ1) is 32.1. The minimum Gasteiger partial charge on any atom is -0.396 e. The van der Waals surface area contributed by atoms with Gasteiger partial charge < -0.3 is 42.3 Å². The van der Waals surface area contributed by atoms with Gasteiger partial charge in [-0.05, 0) is 36.4 Å². The molecular formula is C32H39N13OS3. The fourth-order valence-corrected chi connectivity index (χ4v) is 8.78. The van der Waals surface area contributed by atoms with Crippen LogP contribution in [0.4, 0.5) is 34.0 Å². The van der Waals surface area contributed by atoms with Gasteiger partial charge in [-0.15, -0.1) is 34.4 Å². The molecule has 256 valence electrons. The zero-order valence-electron chi connectivity index (χ0n) is 26.9. The van der Waals surface area contributed by atoms with E-state index in [0.29, 0.717) is 24.7 Å². The predicted molar refractivity (Wildman–Crippen MR) is 200 cm³/mol. The maximum atomic E-state index is 9.45. The fourth-order valence-electron chi connectivity index (χ4n) is 6.44. The Labute approximate surface area is 295 Å². The van der Waals surface area contributed by atoms with Crippen LogP contribution in [-0.4, -0.2) is 84.9 Å². The zero-order valence-corrected chi connectivity index (χ0v) is 29.3. The van der Waals surface area contributed by atoms with E-state index in [1.54, 1.807) is 39.0 Å². The fraction of sp³-hybridized carbons (Fsp3) is 0.375. The Hall–Kier alpha value is -4.13. The van der Waals surface area contributed by atoms with Gasteiger partial charge in [0.15, 0.2) is 11.3 Å². The number of nitrogens with two attached hydrogens (primary N) is 3. The van der Waals surface area contributed by atoms with Crippen LogP contribution < -0.4 is 37.2 Å². The second kappa shape index (κ2) is 13.6. The minimum absolute atomic E-state index is 0.0856. The van der Waals surface area contributed by atoms with Gasteiger partial charge in [0.2, 0.25) is 0 Å². The number of nitrogens with zero attached hydrogens (tertiary/aromatic N) is 9. The largest absolute Gasteiger partial charge is 0.396 e. The molecule has 8 heterocycles. The molecule has 6 aromatic rings. The minimum atomic E-state index is 0.0856. The molecular weight excluding hydrogens is 679 g/mol. The molecule has 6 aromatic heterocycles. The van der Waals surface area contributed by atoms with E-state index >= 15 is 0 Å². The summed E-state index contributed by atoms with van der Waals surface area (Å²) in [5, 5.41) is 25.5. The van der Waals surface area contributed by atoms with Crippen LogP contribution in [0, 0.1) is 0 Å². The number of nitrogen functional groups attached to an aromatic ring is 1. The van der Waals surface area contributed by atoms with Crippen molar-refractivity contribution in [2.45, 2.75) is 42.9 Å². The summed E-state index contributed by atoms with van der Waals surface area (Å²) in [6, 6.07) is 12.7. The van der Waals surface area contributed by atoms with E-state index in [2.05, 4.69) is 59.9 Å². The topological polar surface area (TPSA) is 180 Å². The molecule has 0 aromatic carbocycles. The van der Waals surface area contributed by atoms with Crippen LogP contribution in [0.2, 0.25) is 0 Å². The van der Waals surface area contributed by atoms with Crippen molar-refractivity contribution < 1.29 is 5.11 Å². The number of nitrogens with one attached hydrogen (secondary N) is 1. The number of anilines is 6. The van der Waals surface area contributed by atoms with Crippen molar-refractivity contribution in [1.29, 1.82) is 0 Å². The number of thiophene rings is 2. The summed E-state index contributed by atoms with van der Waals surface area (Å²) in [4.78, 5) is 20.1. The molecule has 2 fully saturated rings. The van der Waals surface area contributed by atoms with Crippen molar-refractivity contribution in [3.63, 3.8) is 0 Å². The monoisotopic (exact) mass is 717 g/mol. The van der Waals surface area contributed by atoms with E-state index in [1.165, 1.54) is 9.75 Å². The molecule has 0 bridgehead atoms. The van der Waals surface area contributed by atoms with E-state index in [-0.39, 0.29) is 18.7 Å². The first-order valence-corrected chi connectivity index (χ1v) is 19.0. The molecule has 2 saturated heterocycles. The molecule has 2 aliphatic rings. The molecule has 0 aliphatic carbocycles. The Bertz CT molecular complexity index is 2060. The standard InChI is InChI=1S/C32H39N13OS3/c33-20-5-7-41(16-20)27-12-26(35)44-31(39-27)24(14-36-44)43(18-22-2-1-10-47-22)19-23-3-4-30(49-23)38-29-13-28(42-8-6-21(34)17-42)40-32-25(48-11-9-46)15-37-45(29)32/h1-4,10,12-15,20-21,38,46H,5-9,11,16-19,33-35H2/t20-,21-/m0/s1. The van der Waals surface area contributed by atoms with Crippen molar-refractivity contribution in [1.82, 2.24) is 29.2 Å². The molecule has 0 amide bonds. The quantitative estimate of drug-likeness (QED) is 0.116. The van der Waals surface area contributed by atoms with Crippen molar-refractivity contribution in [3.05, 3.63) is 63.9 Å². The van der Waals surface area contributed by atoms with Crippen LogP contribution in [0.5, 0.6) is 0 Å². The van der Waals surface area contributed by atoms with Gasteiger partial charge >= 0.3 is 0 Å². The van der Waals surface area contributed by atoms with Crippen LogP contribution in [0.1, 0.15) is 22.6 Å². The summed E-state index contributed by atoms with van der Waals surface area (Å²) in [5.41, 5.74) is 21.4. The SMILES string of the molecule is Nc1cc(N2CC[C@H](N)C2)nc2c(N(Cc3cccs3)Cc3ccc(Nc4cc(N5CC[C@H](N)C5)nc5c(SCCO)cnn45)s3)cnn12. The zero-order chi connectivity index (χ0) is 33.5.